The van der Waals surface area contributed by atoms with Crippen molar-refractivity contribution in [2.45, 2.75) is 56.7 Å². The van der Waals surface area contributed by atoms with Crippen LogP contribution < -0.4 is 19.7 Å². The maximum Gasteiger partial charge on any atom is 0.269 e. The summed E-state index contributed by atoms with van der Waals surface area (Å²) in [4.78, 5) is 41.5. The number of carbonyl (C=O) groups excluding carboxylic acids is 2. The third-order valence-corrected chi connectivity index (χ3v) is 14.2. The second kappa shape index (κ2) is 11.1. The zero-order valence-electron chi connectivity index (χ0n) is 25.4. The van der Waals surface area contributed by atoms with Crippen molar-refractivity contribution < 1.29 is 29.1 Å². The van der Waals surface area contributed by atoms with Gasteiger partial charge in [0.05, 0.1) is 38.4 Å². The summed E-state index contributed by atoms with van der Waals surface area (Å²) in [5.41, 5.74) is 1.14. The molecule has 0 saturated carbocycles. The standard InChI is InChI=1S/C33H37N3O7Si/c1-21-31(44(3,4)26-12-10-25(42-2)11-13-26)29(16-18-37)43-33(21)27-19-24(36(40)41)9-14-28(27)35(32(33)39)20-22-5-7-23(8-6-22)34-17-15-30(34)38/h5-14,19,21,29,31,37H,15-18,20H2,1-4H3/t21-,29+,31-,33+/m1/s1. The van der Waals surface area contributed by atoms with Crippen LogP contribution in [0.4, 0.5) is 17.1 Å². The van der Waals surface area contributed by atoms with Crippen molar-refractivity contribution in [3.8, 4) is 5.75 Å². The number of hydrogen-bond acceptors (Lipinski definition) is 7. The minimum absolute atomic E-state index is 0.0765. The maximum absolute atomic E-state index is 14.7. The Morgan fingerprint density at radius 3 is 2.36 bits per heavy atom. The number of benzene rings is 3. The first kappa shape index (κ1) is 30.0. The first-order valence-corrected chi connectivity index (χ1v) is 18.0. The summed E-state index contributed by atoms with van der Waals surface area (Å²) in [6.45, 7) is 7.34. The normalized spacial score (nSPS) is 24.5. The second-order valence-electron chi connectivity index (χ2n) is 12.5. The maximum atomic E-state index is 14.7. The molecule has 3 aliphatic heterocycles. The van der Waals surface area contributed by atoms with E-state index < -0.39 is 24.7 Å². The molecule has 230 valence electrons. The number of amides is 2. The van der Waals surface area contributed by atoms with Gasteiger partial charge in [-0.1, -0.05) is 49.5 Å². The van der Waals surface area contributed by atoms with Crippen LogP contribution >= 0.6 is 0 Å². The lowest BCUT2D eigenvalue weighted by atomic mass is 9.82. The lowest BCUT2D eigenvalue weighted by molar-refractivity contribution is -0.385. The molecule has 1 spiro atoms. The van der Waals surface area contributed by atoms with Crippen LogP contribution in [-0.2, 0) is 26.5 Å². The molecule has 2 amide bonds. The van der Waals surface area contributed by atoms with Crippen molar-refractivity contribution in [3.63, 3.8) is 0 Å². The van der Waals surface area contributed by atoms with Gasteiger partial charge in [-0.25, -0.2) is 0 Å². The van der Waals surface area contributed by atoms with E-state index >= 15 is 0 Å². The third-order valence-electron chi connectivity index (χ3n) is 9.88. The number of non-ortho nitro benzene ring substituents is 1. The number of carbonyl (C=O) groups is 2. The SMILES string of the molecule is COc1ccc([Si](C)(C)[C@H]2[C@H](CCO)O[C@@]3(C(=O)N(Cc4ccc(N5CCC5=O)cc4)c4ccc([N+](=O)[O-])cc43)[C@@H]2C)cc1. The van der Waals surface area contributed by atoms with E-state index in [-0.39, 0.29) is 42.1 Å². The second-order valence-corrected chi connectivity index (χ2v) is 17.2. The van der Waals surface area contributed by atoms with E-state index in [1.54, 1.807) is 23.0 Å². The Labute approximate surface area is 257 Å². The summed E-state index contributed by atoms with van der Waals surface area (Å²) in [5, 5.41) is 23.2. The van der Waals surface area contributed by atoms with Crippen molar-refractivity contribution in [1.82, 2.24) is 0 Å². The summed E-state index contributed by atoms with van der Waals surface area (Å²) < 4.78 is 12.2. The summed E-state index contributed by atoms with van der Waals surface area (Å²) in [6.07, 6.45) is 0.462. The van der Waals surface area contributed by atoms with Gasteiger partial charge < -0.3 is 24.4 Å². The van der Waals surface area contributed by atoms with Crippen LogP contribution in [0.1, 0.15) is 30.9 Å². The van der Waals surface area contributed by atoms with Gasteiger partial charge in [0.2, 0.25) is 5.91 Å². The van der Waals surface area contributed by atoms with Crippen molar-refractivity contribution >= 4 is 42.1 Å². The topological polar surface area (TPSA) is 122 Å². The van der Waals surface area contributed by atoms with Gasteiger partial charge in [0, 0.05) is 48.9 Å². The fourth-order valence-corrected chi connectivity index (χ4v) is 11.6. The highest BCUT2D eigenvalue weighted by Crippen LogP contribution is 2.60. The number of nitro benzene ring substituents is 1. The number of ether oxygens (including phenoxy) is 2. The number of aliphatic hydroxyl groups is 1. The van der Waals surface area contributed by atoms with Gasteiger partial charge in [0.15, 0.2) is 5.60 Å². The molecule has 3 aromatic carbocycles. The molecular formula is C33H37N3O7Si. The van der Waals surface area contributed by atoms with Crippen molar-refractivity contribution in [3.05, 3.63) is 88.0 Å². The van der Waals surface area contributed by atoms with Crippen molar-refractivity contribution in [1.29, 1.82) is 0 Å². The van der Waals surface area contributed by atoms with Gasteiger partial charge in [-0.2, -0.15) is 0 Å². The summed E-state index contributed by atoms with van der Waals surface area (Å²) in [6, 6.07) is 20.1. The largest absolute Gasteiger partial charge is 0.497 e. The van der Waals surface area contributed by atoms with E-state index in [1.807, 2.05) is 43.3 Å². The highest BCUT2D eigenvalue weighted by Gasteiger charge is 2.66. The van der Waals surface area contributed by atoms with Crippen molar-refractivity contribution in [2.75, 3.05) is 30.1 Å². The Kier molecular flexibility index (Phi) is 7.59. The molecule has 3 heterocycles. The van der Waals surface area contributed by atoms with Crippen LogP contribution in [0.2, 0.25) is 18.6 Å². The number of fused-ring (bicyclic) bond motifs is 2. The molecule has 6 rings (SSSR count). The quantitative estimate of drug-likeness (QED) is 0.163. The molecule has 1 N–H and O–H groups in total. The number of rotatable bonds is 9. The molecule has 2 fully saturated rings. The van der Waals surface area contributed by atoms with Crippen LogP contribution in [0, 0.1) is 16.0 Å². The molecule has 0 aromatic heterocycles. The van der Waals surface area contributed by atoms with Gasteiger partial charge in [0.25, 0.3) is 11.6 Å². The van der Waals surface area contributed by atoms with Crippen molar-refractivity contribution in [2.24, 2.45) is 5.92 Å². The molecule has 4 atom stereocenters. The first-order chi connectivity index (χ1) is 21.0. The van der Waals surface area contributed by atoms with E-state index in [0.717, 1.165) is 17.0 Å². The number of β-lactam (4-membered cyclic amide) rings is 1. The van der Waals surface area contributed by atoms with Gasteiger partial charge in [-0.15, -0.1) is 0 Å². The van der Waals surface area contributed by atoms with Crippen LogP contribution in [0.5, 0.6) is 5.75 Å². The van der Waals surface area contributed by atoms with Gasteiger partial charge in [-0.3, -0.25) is 19.7 Å². The average Bonchev–Trinajstić information content (AvgIpc) is 3.43. The summed E-state index contributed by atoms with van der Waals surface area (Å²) in [7, 11) is -0.745. The summed E-state index contributed by atoms with van der Waals surface area (Å²) in [5.74, 6) is 0.253. The van der Waals surface area contributed by atoms with Crippen LogP contribution in [0.3, 0.4) is 0 Å². The number of nitrogens with zero attached hydrogens (tertiary/aromatic N) is 3. The smallest absolute Gasteiger partial charge is 0.269 e. The zero-order valence-corrected chi connectivity index (χ0v) is 26.4. The fourth-order valence-electron chi connectivity index (χ4n) is 7.52. The summed E-state index contributed by atoms with van der Waals surface area (Å²) >= 11 is 0. The van der Waals surface area contributed by atoms with E-state index in [2.05, 4.69) is 25.2 Å². The number of nitro groups is 1. The van der Waals surface area contributed by atoms with E-state index in [9.17, 15) is 24.8 Å². The van der Waals surface area contributed by atoms with Crippen LogP contribution in [0.15, 0.2) is 66.7 Å². The molecule has 3 aromatic rings. The Hall–Kier alpha value is -4.06. The third kappa shape index (κ3) is 4.61. The Balaban J connectivity index is 1.41. The van der Waals surface area contributed by atoms with E-state index in [4.69, 9.17) is 9.47 Å². The van der Waals surface area contributed by atoms with E-state index in [0.29, 0.717) is 30.6 Å². The molecule has 11 heteroatoms. The Morgan fingerprint density at radius 1 is 1.09 bits per heavy atom. The van der Waals surface area contributed by atoms with Crippen LogP contribution in [0.25, 0.3) is 0 Å². The molecule has 0 unspecified atom stereocenters. The van der Waals surface area contributed by atoms with Gasteiger partial charge in [0.1, 0.15) is 5.75 Å². The number of anilines is 2. The number of methoxy groups -OCH3 is 1. The predicted molar refractivity (Wildman–Crippen MR) is 169 cm³/mol. The highest BCUT2D eigenvalue weighted by molar-refractivity contribution is 6.91. The zero-order chi connectivity index (χ0) is 31.4. The molecule has 44 heavy (non-hydrogen) atoms. The first-order valence-electron chi connectivity index (χ1n) is 15.0. The molecular weight excluding hydrogens is 578 g/mol. The highest BCUT2D eigenvalue weighted by atomic mass is 28.3. The Bertz CT molecular complexity index is 1610. The average molecular weight is 616 g/mol. The molecule has 2 saturated heterocycles. The number of aliphatic hydroxyl groups excluding tert-OH is 1. The molecule has 0 bridgehead atoms. The lowest BCUT2D eigenvalue weighted by Crippen LogP contribution is -2.51. The minimum atomic E-state index is -2.37. The van der Waals surface area contributed by atoms with Gasteiger partial charge >= 0.3 is 0 Å². The molecule has 0 radical (unpaired) electrons. The molecule has 0 aliphatic carbocycles. The lowest BCUT2D eigenvalue weighted by Gasteiger charge is -2.37. The van der Waals surface area contributed by atoms with Gasteiger partial charge in [-0.05, 0) is 47.9 Å². The minimum Gasteiger partial charge on any atom is -0.497 e. The molecule has 3 aliphatic rings. The monoisotopic (exact) mass is 615 g/mol. The number of hydrogen-bond donors (Lipinski definition) is 1. The molecule has 10 nitrogen and oxygen atoms in total. The fraction of sp³-hybridized carbons (Fsp3) is 0.394. The van der Waals surface area contributed by atoms with E-state index in [1.165, 1.54) is 17.3 Å². The Morgan fingerprint density at radius 2 is 1.80 bits per heavy atom. The predicted octanol–water partition coefficient (Wildman–Crippen LogP) is 4.49. The van der Waals surface area contributed by atoms with Crippen LogP contribution in [-0.4, -0.2) is 56.3 Å².